The topological polar surface area (TPSA) is 52.0 Å². The van der Waals surface area contributed by atoms with Crippen LogP contribution in [0.5, 0.6) is 0 Å². The number of halogens is 2. The fraction of sp³-hybridized carbons (Fsp3) is 0.133. The van der Waals surface area contributed by atoms with Gasteiger partial charge in [0.1, 0.15) is 17.2 Å². The second-order valence-electron chi connectivity index (χ2n) is 4.59. The summed E-state index contributed by atoms with van der Waals surface area (Å²) in [7, 11) is 0. The van der Waals surface area contributed by atoms with Gasteiger partial charge in [0.05, 0.1) is 0 Å². The third kappa shape index (κ3) is 2.53. The maximum absolute atomic E-state index is 13.2. The molecule has 1 atom stereocenters. The van der Waals surface area contributed by atoms with Crippen molar-refractivity contribution in [3.63, 3.8) is 0 Å². The average Bonchev–Trinajstić information content (AvgIpc) is 2.79. The van der Waals surface area contributed by atoms with Crippen molar-refractivity contribution in [2.45, 2.75) is 12.5 Å². The van der Waals surface area contributed by atoms with E-state index in [1.165, 1.54) is 12.1 Å². The highest BCUT2D eigenvalue weighted by Gasteiger charge is 2.14. The van der Waals surface area contributed by atoms with Crippen LogP contribution in [-0.4, -0.2) is 4.98 Å². The molecule has 1 unspecified atom stereocenters. The lowest BCUT2D eigenvalue weighted by atomic mass is 10.0. The number of hydrogen-bond acceptors (Lipinski definition) is 3. The van der Waals surface area contributed by atoms with Gasteiger partial charge >= 0.3 is 0 Å². The van der Waals surface area contributed by atoms with Crippen LogP contribution in [0.25, 0.3) is 11.1 Å². The summed E-state index contributed by atoms with van der Waals surface area (Å²) in [6, 6.07) is 10.0. The number of fused-ring (bicyclic) bond motifs is 1. The van der Waals surface area contributed by atoms with Crippen molar-refractivity contribution in [2.24, 2.45) is 5.73 Å². The van der Waals surface area contributed by atoms with Crippen LogP contribution in [0.15, 0.2) is 46.9 Å². The molecule has 3 aromatic rings. The number of oxazole rings is 1. The molecule has 0 fully saturated rings. The Morgan fingerprint density at radius 3 is 2.50 bits per heavy atom. The van der Waals surface area contributed by atoms with E-state index in [-0.39, 0.29) is 6.42 Å². The summed E-state index contributed by atoms with van der Waals surface area (Å²) >= 11 is 0. The van der Waals surface area contributed by atoms with Gasteiger partial charge in [0, 0.05) is 18.5 Å². The van der Waals surface area contributed by atoms with Crippen molar-refractivity contribution in [1.29, 1.82) is 0 Å². The maximum Gasteiger partial charge on any atom is 0.197 e. The fourth-order valence-corrected chi connectivity index (χ4v) is 2.10. The smallest absolute Gasteiger partial charge is 0.197 e. The first kappa shape index (κ1) is 12.7. The van der Waals surface area contributed by atoms with E-state index in [1.54, 1.807) is 6.07 Å². The van der Waals surface area contributed by atoms with E-state index in [4.69, 9.17) is 10.2 Å². The van der Waals surface area contributed by atoms with Gasteiger partial charge in [-0.05, 0) is 29.8 Å². The predicted octanol–water partition coefficient (Wildman–Crippen LogP) is 3.35. The lowest BCUT2D eigenvalue weighted by molar-refractivity contribution is 0.498. The summed E-state index contributed by atoms with van der Waals surface area (Å²) in [6.07, 6.45) is 0.275. The first-order valence-electron chi connectivity index (χ1n) is 6.18. The van der Waals surface area contributed by atoms with Crippen molar-refractivity contribution >= 4 is 11.1 Å². The number of aromatic nitrogens is 1. The van der Waals surface area contributed by atoms with Crippen LogP contribution in [0, 0.1) is 11.6 Å². The van der Waals surface area contributed by atoms with Gasteiger partial charge in [-0.3, -0.25) is 0 Å². The first-order chi connectivity index (χ1) is 9.61. The second-order valence-corrected chi connectivity index (χ2v) is 4.59. The van der Waals surface area contributed by atoms with Crippen LogP contribution in [0.1, 0.15) is 17.5 Å². The fourth-order valence-electron chi connectivity index (χ4n) is 2.10. The van der Waals surface area contributed by atoms with Gasteiger partial charge in [-0.25, -0.2) is 13.8 Å². The van der Waals surface area contributed by atoms with E-state index in [9.17, 15) is 8.78 Å². The van der Waals surface area contributed by atoms with Crippen LogP contribution in [0.2, 0.25) is 0 Å². The Hall–Kier alpha value is -2.27. The molecule has 0 aliphatic heterocycles. The SMILES string of the molecule is NC(Cc1nc2ccccc2o1)c1cc(F)cc(F)c1. The highest BCUT2D eigenvalue weighted by Crippen LogP contribution is 2.21. The normalized spacial score (nSPS) is 12.8. The van der Waals surface area contributed by atoms with Gasteiger partial charge in [0.25, 0.3) is 0 Å². The lowest BCUT2D eigenvalue weighted by Gasteiger charge is -2.09. The molecule has 3 rings (SSSR count). The standard InChI is InChI=1S/C15H12F2N2O/c16-10-5-9(6-11(17)7-10)12(18)8-15-19-13-3-1-2-4-14(13)20-15/h1-7,12H,8,18H2. The van der Waals surface area contributed by atoms with E-state index in [1.807, 2.05) is 18.2 Å². The van der Waals surface area contributed by atoms with Crippen molar-refractivity contribution < 1.29 is 13.2 Å². The van der Waals surface area contributed by atoms with Crippen LogP contribution >= 0.6 is 0 Å². The van der Waals surface area contributed by atoms with Crippen LogP contribution in [-0.2, 0) is 6.42 Å². The minimum atomic E-state index is -0.645. The Labute approximate surface area is 114 Å². The molecule has 102 valence electrons. The minimum Gasteiger partial charge on any atom is -0.441 e. The van der Waals surface area contributed by atoms with Crippen LogP contribution in [0.3, 0.4) is 0 Å². The summed E-state index contributed by atoms with van der Waals surface area (Å²) in [6.45, 7) is 0. The molecule has 0 bridgehead atoms. The summed E-state index contributed by atoms with van der Waals surface area (Å²) in [5.41, 5.74) is 7.74. The second kappa shape index (κ2) is 5.02. The number of rotatable bonds is 3. The van der Waals surface area contributed by atoms with Gasteiger partial charge in [-0.1, -0.05) is 12.1 Å². The Morgan fingerprint density at radius 2 is 1.80 bits per heavy atom. The van der Waals surface area contributed by atoms with E-state index in [0.29, 0.717) is 17.0 Å². The summed E-state index contributed by atoms with van der Waals surface area (Å²) in [4.78, 5) is 4.29. The van der Waals surface area contributed by atoms with Gasteiger partial charge < -0.3 is 10.2 Å². The molecule has 1 aromatic heterocycles. The zero-order valence-electron chi connectivity index (χ0n) is 10.5. The molecule has 2 N–H and O–H groups in total. The van der Waals surface area contributed by atoms with E-state index in [0.717, 1.165) is 11.6 Å². The van der Waals surface area contributed by atoms with Crippen LogP contribution in [0.4, 0.5) is 8.78 Å². The third-order valence-corrected chi connectivity index (χ3v) is 3.05. The molecule has 0 amide bonds. The zero-order chi connectivity index (χ0) is 14.1. The molecule has 0 spiro atoms. The first-order valence-corrected chi connectivity index (χ1v) is 6.18. The number of hydrogen-bond donors (Lipinski definition) is 1. The van der Waals surface area contributed by atoms with Crippen molar-refractivity contribution in [3.8, 4) is 0 Å². The van der Waals surface area contributed by atoms with E-state index in [2.05, 4.69) is 4.98 Å². The van der Waals surface area contributed by atoms with E-state index < -0.39 is 17.7 Å². The molecule has 0 aliphatic rings. The summed E-state index contributed by atoms with van der Waals surface area (Å²) in [5, 5.41) is 0. The van der Waals surface area contributed by atoms with Crippen LogP contribution < -0.4 is 5.73 Å². The predicted molar refractivity (Wildman–Crippen MR) is 71.0 cm³/mol. The Morgan fingerprint density at radius 1 is 1.10 bits per heavy atom. The van der Waals surface area contributed by atoms with Gasteiger partial charge in [0.2, 0.25) is 0 Å². The van der Waals surface area contributed by atoms with E-state index >= 15 is 0 Å². The minimum absolute atomic E-state index is 0.275. The third-order valence-electron chi connectivity index (χ3n) is 3.05. The largest absolute Gasteiger partial charge is 0.441 e. The molecule has 5 heteroatoms. The Balaban J connectivity index is 1.86. The molecule has 0 radical (unpaired) electrons. The molecule has 2 aromatic carbocycles. The number of nitrogens with two attached hydrogens (primary N) is 1. The molecule has 3 nitrogen and oxygen atoms in total. The molecular weight excluding hydrogens is 262 g/mol. The Kier molecular flexibility index (Phi) is 3.20. The molecule has 0 aliphatic carbocycles. The van der Waals surface area contributed by atoms with Gasteiger partial charge in [-0.2, -0.15) is 0 Å². The molecule has 20 heavy (non-hydrogen) atoms. The monoisotopic (exact) mass is 274 g/mol. The zero-order valence-corrected chi connectivity index (χ0v) is 10.5. The Bertz CT molecular complexity index is 701. The number of nitrogens with zero attached hydrogens (tertiary/aromatic N) is 1. The lowest BCUT2D eigenvalue weighted by Crippen LogP contribution is -2.14. The van der Waals surface area contributed by atoms with Crippen molar-refractivity contribution in [3.05, 3.63) is 65.6 Å². The summed E-state index contributed by atoms with van der Waals surface area (Å²) < 4.78 is 31.9. The number of para-hydroxylation sites is 2. The number of benzene rings is 2. The average molecular weight is 274 g/mol. The molecular formula is C15H12F2N2O. The molecule has 1 heterocycles. The quantitative estimate of drug-likeness (QED) is 0.796. The van der Waals surface area contributed by atoms with Gasteiger partial charge in [-0.15, -0.1) is 0 Å². The molecule has 0 saturated heterocycles. The maximum atomic E-state index is 13.2. The highest BCUT2D eigenvalue weighted by atomic mass is 19.1. The highest BCUT2D eigenvalue weighted by molar-refractivity contribution is 5.72. The van der Waals surface area contributed by atoms with Crippen molar-refractivity contribution in [1.82, 2.24) is 4.98 Å². The van der Waals surface area contributed by atoms with Crippen molar-refractivity contribution in [2.75, 3.05) is 0 Å². The summed E-state index contributed by atoms with van der Waals surface area (Å²) in [5.74, 6) is -0.843. The van der Waals surface area contributed by atoms with Gasteiger partial charge in [0.15, 0.2) is 11.5 Å². The molecule has 0 saturated carbocycles.